The van der Waals surface area contributed by atoms with Crippen molar-refractivity contribution in [3.8, 4) is 5.75 Å². The molecule has 1 aromatic carbocycles. The van der Waals surface area contributed by atoms with Gasteiger partial charge >= 0.3 is 0 Å². The number of anilines is 1. The van der Waals surface area contributed by atoms with Gasteiger partial charge in [0.25, 0.3) is 5.91 Å². The van der Waals surface area contributed by atoms with Crippen molar-refractivity contribution < 1.29 is 9.53 Å². The van der Waals surface area contributed by atoms with Gasteiger partial charge in [0.05, 0.1) is 18.4 Å². The first-order valence-electron chi connectivity index (χ1n) is 10.2. The molecular weight excluding hydrogens is 394 g/mol. The number of aromatic nitrogens is 4. The summed E-state index contributed by atoms with van der Waals surface area (Å²) in [6, 6.07) is 8.01. The maximum Gasteiger partial charge on any atom is 0.255 e. The SMILES string of the molecule is Cc1c(CN2CCN(c3cnccn3)CC2c2ccc(OCC(N)=O)cc2)cnn1C. The van der Waals surface area contributed by atoms with Crippen LogP contribution in [0.25, 0.3) is 0 Å². The molecule has 0 saturated carbocycles. The Morgan fingerprint density at radius 2 is 2.00 bits per heavy atom. The number of primary amides is 1. The number of piperazine rings is 1. The van der Waals surface area contributed by atoms with Crippen molar-refractivity contribution in [3.63, 3.8) is 0 Å². The summed E-state index contributed by atoms with van der Waals surface area (Å²) >= 11 is 0. The molecule has 0 radical (unpaired) electrons. The van der Waals surface area contributed by atoms with Crippen LogP contribution in [-0.4, -0.2) is 56.8 Å². The van der Waals surface area contributed by atoms with E-state index in [9.17, 15) is 4.79 Å². The number of aryl methyl sites for hydroxylation is 1. The number of carbonyl (C=O) groups excluding carboxylic acids is 1. The summed E-state index contributed by atoms with van der Waals surface area (Å²) in [6.07, 6.45) is 7.16. The Hall–Kier alpha value is -3.46. The van der Waals surface area contributed by atoms with Gasteiger partial charge in [0.2, 0.25) is 0 Å². The van der Waals surface area contributed by atoms with Crippen LogP contribution in [-0.2, 0) is 18.4 Å². The van der Waals surface area contributed by atoms with Crippen LogP contribution in [0.2, 0.25) is 0 Å². The maximum atomic E-state index is 11.0. The standard InChI is InChI=1S/C22H27N7O2/c1-16-18(11-26-27(16)2)13-28-9-10-29(22-12-24-7-8-25-22)14-20(28)17-3-5-19(6-4-17)31-15-21(23)30/h3-8,11-12,20H,9-10,13-15H2,1-2H3,(H2,23,30). The molecule has 31 heavy (non-hydrogen) atoms. The van der Waals surface area contributed by atoms with Gasteiger partial charge in [-0.15, -0.1) is 0 Å². The van der Waals surface area contributed by atoms with E-state index in [-0.39, 0.29) is 12.6 Å². The van der Waals surface area contributed by atoms with Gasteiger partial charge in [0.15, 0.2) is 6.61 Å². The molecule has 2 N–H and O–H groups in total. The fraction of sp³-hybridized carbons (Fsp3) is 0.364. The van der Waals surface area contributed by atoms with E-state index in [1.54, 1.807) is 18.6 Å². The second kappa shape index (κ2) is 9.13. The summed E-state index contributed by atoms with van der Waals surface area (Å²) in [6.45, 7) is 5.33. The molecule has 0 aliphatic carbocycles. The molecule has 0 spiro atoms. The van der Waals surface area contributed by atoms with Gasteiger partial charge in [0.1, 0.15) is 11.6 Å². The minimum absolute atomic E-state index is 0.129. The summed E-state index contributed by atoms with van der Waals surface area (Å²) < 4.78 is 7.32. The molecule has 1 aliphatic heterocycles. The highest BCUT2D eigenvalue weighted by Gasteiger charge is 2.29. The summed E-state index contributed by atoms with van der Waals surface area (Å²) in [5.41, 5.74) is 8.73. The third kappa shape index (κ3) is 4.83. The normalized spacial score (nSPS) is 17.0. The van der Waals surface area contributed by atoms with Crippen molar-refractivity contribution in [2.75, 3.05) is 31.1 Å². The van der Waals surface area contributed by atoms with Crippen LogP contribution in [0.4, 0.5) is 5.82 Å². The molecule has 9 nitrogen and oxygen atoms in total. The Bertz CT molecular complexity index is 1020. The van der Waals surface area contributed by atoms with Gasteiger partial charge in [-0.2, -0.15) is 5.10 Å². The smallest absolute Gasteiger partial charge is 0.255 e. The van der Waals surface area contributed by atoms with Gasteiger partial charge < -0.3 is 15.4 Å². The van der Waals surface area contributed by atoms with Crippen LogP contribution >= 0.6 is 0 Å². The monoisotopic (exact) mass is 421 g/mol. The van der Waals surface area contributed by atoms with E-state index in [4.69, 9.17) is 10.5 Å². The molecule has 1 unspecified atom stereocenters. The first-order valence-corrected chi connectivity index (χ1v) is 10.2. The molecule has 1 saturated heterocycles. The minimum atomic E-state index is -0.492. The molecule has 3 heterocycles. The van der Waals surface area contributed by atoms with Gasteiger partial charge in [-0.25, -0.2) is 4.98 Å². The number of nitrogens with zero attached hydrogens (tertiary/aromatic N) is 6. The molecule has 1 fully saturated rings. The molecule has 162 valence electrons. The Kier molecular flexibility index (Phi) is 6.13. The number of hydrogen-bond donors (Lipinski definition) is 1. The van der Waals surface area contributed by atoms with Gasteiger partial charge in [-0.3, -0.25) is 19.4 Å². The largest absolute Gasteiger partial charge is 0.484 e. The lowest BCUT2D eigenvalue weighted by molar-refractivity contribution is -0.119. The van der Waals surface area contributed by atoms with E-state index in [1.807, 2.05) is 42.2 Å². The number of nitrogens with two attached hydrogens (primary N) is 1. The highest BCUT2D eigenvalue weighted by Crippen LogP contribution is 2.30. The Balaban J connectivity index is 1.57. The predicted molar refractivity (Wildman–Crippen MR) is 116 cm³/mol. The van der Waals surface area contributed by atoms with Crippen molar-refractivity contribution >= 4 is 11.7 Å². The molecule has 0 bridgehead atoms. The summed E-state index contributed by atoms with van der Waals surface area (Å²) in [7, 11) is 1.97. The molecule has 1 amide bonds. The lowest BCUT2D eigenvalue weighted by Gasteiger charge is -2.42. The topological polar surface area (TPSA) is 102 Å². The van der Waals surface area contributed by atoms with Gasteiger partial charge in [0, 0.05) is 56.9 Å². The van der Waals surface area contributed by atoms with Gasteiger partial charge in [-0.1, -0.05) is 12.1 Å². The Labute approximate surface area is 181 Å². The number of ether oxygens (including phenoxy) is 1. The zero-order chi connectivity index (χ0) is 21.8. The quantitative estimate of drug-likeness (QED) is 0.616. The van der Waals surface area contributed by atoms with E-state index in [0.717, 1.165) is 32.0 Å². The molecule has 2 aromatic heterocycles. The zero-order valence-corrected chi connectivity index (χ0v) is 17.8. The van der Waals surface area contributed by atoms with Crippen LogP contribution < -0.4 is 15.4 Å². The van der Waals surface area contributed by atoms with Gasteiger partial charge in [-0.05, 0) is 24.6 Å². The highest BCUT2D eigenvalue weighted by atomic mass is 16.5. The summed E-state index contributed by atoms with van der Waals surface area (Å²) in [4.78, 5) is 24.4. The van der Waals surface area contributed by atoms with Crippen LogP contribution in [0.15, 0.2) is 49.1 Å². The van der Waals surface area contributed by atoms with E-state index in [0.29, 0.717) is 5.75 Å². The Morgan fingerprint density at radius 1 is 1.19 bits per heavy atom. The number of carbonyl (C=O) groups is 1. The first-order chi connectivity index (χ1) is 15.0. The van der Waals surface area contributed by atoms with Crippen molar-refractivity contribution in [1.82, 2.24) is 24.6 Å². The van der Waals surface area contributed by atoms with Crippen LogP contribution in [0, 0.1) is 6.92 Å². The van der Waals surface area contributed by atoms with Crippen molar-refractivity contribution in [2.24, 2.45) is 12.8 Å². The second-order valence-electron chi connectivity index (χ2n) is 7.70. The number of rotatable bonds is 7. The van der Waals surface area contributed by atoms with E-state index in [2.05, 4.69) is 31.8 Å². The molecular formula is C22H27N7O2. The maximum absolute atomic E-state index is 11.0. The fourth-order valence-electron chi connectivity index (χ4n) is 3.85. The molecule has 1 aliphatic rings. The lowest BCUT2D eigenvalue weighted by atomic mass is 10.0. The number of hydrogen-bond acceptors (Lipinski definition) is 7. The molecule has 9 heteroatoms. The van der Waals surface area contributed by atoms with Crippen LogP contribution in [0.1, 0.15) is 22.9 Å². The fourth-order valence-corrected chi connectivity index (χ4v) is 3.85. The lowest BCUT2D eigenvalue weighted by Crippen LogP contribution is -2.48. The third-order valence-electron chi connectivity index (χ3n) is 5.72. The first kappa shape index (κ1) is 20.8. The average molecular weight is 422 g/mol. The summed E-state index contributed by atoms with van der Waals surface area (Å²) in [5, 5.41) is 4.40. The third-order valence-corrected chi connectivity index (χ3v) is 5.72. The van der Waals surface area contributed by atoms with Crippen LogP contribution in [0.3, 0.4) is 0 Å². The summed E-state index contributed by atoms with van der Waals surface area (Å²) in [5.74, 6) is 1.01. The Morgan fingerprint density at radius 3 is 2.65 bits per heavy atom. The van der Waals surface area contributed by atoms with E-state index in [1.165, 1.54) is 16.8 Å². The van der Waals surface area contributed by atoms with Crippen molar-refractivity contribution in [3.05, 3.63) is 65.9 Å². The number of benzene rings is 1. The van der Waals surface area contributed by atoms with Crippen LogP contribution in [0.5, 0.6) is 5.75 Å². The van der Waals surface area contributed by atoms with E-state index < -0.39 is 5.91 Å². The molecule has 1 atom stereocenters. The van der Waals surface area contributed by atoms with Crippen molar-refractivity contribution in [2.45, 2.75) is 19.5 Å². The van der Waals surface area contributed by atoms with Crippen molar-refractivity contribution in [1.29, 1.82) is 0 Å². The predicted octanol–water partition coefficient (Wildman–Crippen LogP) is 1.45. The average Bonchev–Trinajstić information content (AvgIpc) is 3.11. The molecule has 3 aromatic rings. The second-order valence-corrected chi connectivity index (χ2v) is 7.70. The zero-order valence-electron chi connectivity index (χ0n) is 17.8. The minimum Gasteiger partial charge on any atom is -0.484 e. The number of amides is 1. The molecule has 4 rings (SSSR count). The van der Waals surface area contributed by atoms with E-state index >= 15 is 0 Å². The highest BCUT2D eigenvalue weighted by molar-refractivity contribution is 5.75.